The van der Waals surface area contributed by atoms with Gasteiger partial charge in [-0.15, -0.1) is 0 Å². The van der Waals surface area contributed by atoms with E-state index in [1.54, 1.807) is 29.2 Å². The zero-order valence-corrected chi connectivity index (χ0v) is 11.9. The van der Waals surface area contributed by atoms with Crippen LogP contribution in [-0.4, -0.2) is 45.8 Å². The third-order valence-electron chi connectivity index (χ3n) is 4.02. The van der Waals surface area contributed by atoms with Crippen molar-refractivity contribution in [1.82, 2.24) is 4.90 Å². The number of nitrogens with two attached hydrogens (primary N) is 1. The van der Waals surface area contributed by atoms with E-state index in [4.69, 9.17) is 5.73 Å². The number of likely N-dealkylation sites (tertiary alicyclic amines) is 1. The molecule has 4 N–H and O–H groups in total. The Hall–Kier alpha value is -1.59. The van der Waals surface area contributed by atoms with Gasteiger partial charge in [-0.25, -0.2) is 0 Å². The van der Waals surface area contributed by atoms with Gasteiger partial charge in [0.15, 0.2) is 0 Å². The lowest BCUT2D eigenvalue weighted by atomic mass is 9.82. The molecule has 1 atom stereocenters. The second-order valence-electron chi connectivity index (χ2n) is 5.93. The van der Waals surface area contributed by atoms with Crippen molar-refractivity contribution in [1.29, 1.82) is 0 Å². The number of phenols is 1. The summed E-state index contributed by atoms with van der Waals surface area (Å²) < 4.78 is 0. The Morgan fingerprint density at radius 1 is 1.35 bits per heavy atom. The quantitative estimate of drug-likeness (QED) is 0.748. The van der Waals surface area contributed by atoms with Crippen LogP contribution in [0.4, 0.5) is 0 Å². The highest BCUT2D eigenvalue weighted by Gasteiger charge is 2.46. The molecule has 1 saturated heterocycles. The molecule has 1 aliphatic rings. The van der Waals surface area contributed by atoms with Gasteiger partial charge in [0, 0.05) is 0 Å². The van der Waals surface area contributed by atoms with Gasteiger partial charge in [0.05, 0.1) is 19.1 Å². The maximum Gasteiger partial charge on any atom is 0.240 e. The first kappa shape index (κ1) is 14.8. The number of hydrogen-bond acceptors (Lipinski definition) is 4. The summed E-state index contributed by atoms with van der Waals surface area (Å²) in [5.74, 6) is 0.182. The van der Waals surface area contributed by atoms with Crippen molar-refractivity contribution in [2.75, 3.05) is 13.1 Å². The van der Waals surface area contributed by atoms with Crippen LogP contribution in [-0.2, 0) is 11.2 Å². The van der Waals surface area contributed by atoms with Crippen LogP contribution in [0, 0.1) is 5.92 Å². The van der Waals surface area contributed by atoms with E-state index < -0.39 is 11.6 Å². The molecule has 1 aliphatic heterocycles. The number of phenolic OH excluding ortho intramolecular Hbond substituents is 1. The number of rotatable bonds is 4. The minimum atomic E-state index is -0.770. The molecule has 0 unspecified atom stereocenters. The van der Waals surface area contributed by atoms with Gasteiger partial charge in [0.1, 0.15) is 11.4 Å². The first-order valence-corrected chi connectivity index (χ1v) is 6.86. The van der Waals surface area contributed by atoms with Gasteiger partial charge in [-0.1, -0.05) is 26.0 Å². The van der Waals surface area contributed by atoms with E-state index in [1.165, 1.54) is 0 Å². The molecular formula is C15H22N2O3. The molecule has 1 amide bonds. The standard InChI is InChI=1S/C15H22N2O3/c1-10(2)15(20)8-17(9-15)14(19)13(16)7-11-3-5-12(18)6-4-11/h3-6,10,13,18,20H,7-9,16H2,1-2H3/t13-/m1/s1. The van der Waals surface area contributed by atoms with Crippen LogP contribution in [0.5, 0.6) is 5.75 Å². The SMILES string of the molecule is CC(C)C1(O)CN(C(=O)[C@H](N)Cc2ccc(O)cc2)C1. The maximum atomic E-state index is 12.1. The number of amides is 1. The molecule has 1 aromatic carbocycles. The Morgan fingerprint density at radius 3 is 2.40 bits per heavy atom. The Bertz CT molecular complexity index is 478. The highest BCUT2D eigenvalue weighted by molar-refractivity contribution is 5.83. The average molecular weight is 278 g/mol. The fraction of sp³-hybridized carbons (Fsp3) is 0.533. The summed E-state index contributed by atoms with van der Waals surface area (Å²) in [7, 11) is 0. The molecule has 110 valence electrons. The normalized spacial score (nSPS) is 18.8. The van der Waals surface area contributed by atoms with Crippen LogP contribution in [0.1, 0.15) is 19.4 Å². The second-order valence-corrected chi connectivity index (χ2v) is 5.93. The van der Waals surface area contributed by atoms with E-state index in [1.807, 2.05) is 13.8 Å². The number of benzene rings is 1. The van der Waals surface area contributed by atoms with Crippen molar-refractivity contribution in [2.24, 2.45) is 11.7 Å². The highest BCUT2D eigenvalue weighted by atomic mass is 16.3. The number of hydrogen-bond donors (Lipinski definition) is 3. The molecule has 0 bridgehead atoms. The Labute approximate surface area is 119 Å². The molecule has 2 rings (SSSR count). The number of aromatic hydroxyl groups is 1. The van der Waals surface area contributed by atoms with Crippen LogP contribution in [0.3, 0.4) is 0 Å². The van der Waals surface area contributed by atoms with Crippen molar-refractivity contribution in [3.63, 3.8) is 0 Å². The summed E-state index contributed by atoms with van der Waals surface area (Å²) >= 11 is 0. The molecule has 0 aromatic heterocycles. The topological polar surface area (TPSA) is 86.8 Å². The minimum absolute atomic E-state index is 0.125. The zero-order valence-electron chi connectivity index (χ0n) is 11.9. The van der Waals surface area contributed by atoms with Crippen LogP contribution < -0.4 is 5.73 Å². The third kappa shape index (κ3) is 2.94. The predicted octanol–water partition coefficient (Wildman–Crippen LogP) is 0.491. The maximum absolute atomic E-state index is 12.1. The molecular weight excluding hydrogens is 256 g/mol. The van der Waals surface area contributed by atoms with Gasteiger partial charge in [-0.3, -0.25) is 4.79 Å². The third-order valence-corrected chi connectivity index (χ3v) is 4.02. The summed E-state index contributed by atoms with van der Waals surface area (Å²) in [6.07, 6.45) is 0.426. The number of nitrogens with zero attached hydrogens (tertiary/aromatic N) is 1. The predicted molar refractivity (Wildman–Crippen MR) is 76.2 cm³/mol. The first-order chi connectivity index (χ1) is 9.32. The van der Waals surface area contributed by atoms with Gasteiger partial charge in [-0.2, -0.15) is 0 Å². The van der Waals surface area contributed by atoms with Crippen molar-refractivity contribution >= 4 is 5.91 Å². The Morgan fingerprint density at radius 2 is 1.90 bits per heavy atom. The molecule has 0 aliphatic carbocycles. The summed E-state index contributed by atoms with van der Waals surface area (Å²) in [6.45, 7) is 4.59. The molecule has 1 fully saturated rings. The van der Waals surface area contributed by atoms with Crippen molar-refractivity contribution in [2.45, 2.75) is 31.9 Å². The monoisotopic (exact) mass is 278 g/mol. The van der Waals surface area contributed by atoms with Crippen LogP contribution >= 0.6 is 0 Å². The second kappa shape index (κ2) is 5.42. The lowest BCUT2D eigenvalue weighted by molar-refractivity contribution is -0.165. The molecule has 1 heterocycles. The van der Waals surface area contributed by atoms with Crippen molar-refractivity contribution in [3.05, 3.63) is 29.8 Å². The summed E-state index contributed by atoms with van der Waals surface area (Å²) in [6, 6.07) is 6.05. The highest BCUT2D eigenvalue weighted by Crippen LogP contribution is 2.29. The summed E-state index contributed by atoms with van der Waals surface area (Å²) in [5, 5.41) is 19.4. The zero-order chi connectivity index (χ0) is 14.9. The Balaban J connectivity index is 1.89. The number of carbonyl (C=O) groups is 1. The molecule has 1 aromatic rings. The lowest BCUT2D eigenvalue weighted by Crippen LogP contribution is -2.68. The van der Waals surface area contributed by atoms with Gasteiger partial charge in [0.25, 0.3) is 0 Å². The molecule has 5 heteroatoms. The van der Waals surface area contributed by atoms with Crippen molar-refractivity contribution < 1.29 is 15.0 Å². The van der Waals surface area contributed by atoms with Gasteiger partial charge < -0.3 is 20.8 Å². The van der Waals surface area contributed by atoms with E-state index in [-0.39, 0.29) is 17.6 Å². The van der Waals surface area contributed by atoms with E-state index in [2.05, 4.69) is 0 Å². The average Bonchev–Trinajstić information content (AvgIpc) is 2.36. The Kier molecular flexibility index (Phi) is 4.01. The molecule has 0 spiro atoms. The van der Waals surface area contributed by atoms with E-state index >= 15 is 0 Å². The van der Waals surface area contributed by atoms with E-state index in [0.29, 0.717) is 19.5 Å². The van der Waals surface area contributed by atoms with Gasteiger partial charge in [0.2, 0.25) is 5.91 Å². The first-order valence-electron chi connectivity index (χ1n) is 6.86. The minimum Gasteiger partial charge on any atom is -0.508 e. The molecule has 5 nitrogen and oxygen atoms in total. The van der Waals surface area contributed by atoms with E-state index in [9.17, 15) is 15.0 Å². The number of carbonyl (C=O) groups excluding carboxylic acids is 1. The fourth-order valence-electron chi connectivity index (χ4n) is 2.34. The number of aliphatic hydroxyl groups is 1. The van der Waals surface area contributed by atoms with E-state index in [0.717, 1.165) is 5.56 Å². The molecule has 0 radical (unpaired) electrons. The smallest absolute Gasteiger partial charge is 0.240 e. The van der Waals surface area contributed by atoms with Crippen LogP contribution in [0.15, 0.2) is 24.3 Å². The number of β-amino-alcohol motifs (C(OH)–C–C–N with tert-alkyl or cyclic N) is 1. The van der Waals surface area contributed by atoms with Crippen molar-refractivity contribution in [3.8, 4) is 5.75 Å². The molecule has 0 saturated carbocycles. The van der Waals surface area contributed by atoms with Crippen LogP contribution in [0.2, 0.25) is 0 Å². The van der Waals surface area contributed by atoms with Gasteiger partial charge in [-0.05, 0) is 30.0 Å². The summed E-state index contributed by atoms with van der Waals surface area (Å²) in [4.78, 5) is 13.7. The summed E-state index contributed by atoms with van der Waals surface area (Å²) in [5.41, 5.74) is 6.06. The lowest BCUT2D eigenvalue weighted by Gasteiger charge is -2.49. The largest absolute Gasteiger partial charge is 0.508 e. The van der Waals surface area contributed by atoms with Crippen LogP contribution in [0.25, 0.3) is 0 Å². The molecule has 20 heavy (non-hydrogen) atoms. The van der Waals surface area contributed by atoms with Gasteiger partial charge >= 0.3 is 0 Å². The fourth-order valence-corrected chi connectivity index (χ4v) is 2.34.